The van der Waals surface area contributed by atoms with Crippen molar-refractivity contribution in [3.05, 3.63) is 58.7 Å². The lowest BCUT2D eigenvalue weighted by Gasteiger charge is -1.94. The van der Waals surface area contributed by atoms with Crippen LogP contribution in [0.3, 0.4) is 0 Å². The second-order valence-electron chi connectivity index (χ2n) is 3.20. The number of hydrogen-bond donors (Lipinski definition) is 1. The minimum Gasteiger partial charge on any atom is -0.383 e. The van der Waals surface area contributed by atoms with Crippen LogP contribution in [0.1, 0.15) is 11.1 Å². The quantitative estimate of drug-likeness (QED) is 0.705. The molecule has 3 heteroatoms. The van der Waals surface area contributed by atoms with Crippen molar-refractivity contribution < 1.29 is 0 Å². The summed E-state index contributed by atoms with van der Waals surface area (Å²) in [5.74, 6) is 6.39. The number of benzene rings is 1. The van der Waals surface area contributed by atoms with Crippen molar-refractivity contribution in [3.8, 4) is 11.8 Å². The Bertz CT molecular complexity index is 567. The van der Waals surface area contributed by atoms with E-state index in [1.54, 1.807) is 18.3 Å². The van der Waals surface area contributed by atoms with Gasteiger partial charge in [0, 0.05) is 16.8 Å². The van der Waals surface area contributed by atoms with Gasteiger partial charge in [0.1, 0.15) is 5.82 Å². The Balaban J connectivity index is 2.32. The number of nitrogen functional groups attached to an aromatic ring is 1. The third kappa shape index (κ3) is 2.53. The SMILES string of the molecule is Nc1ncccc1C#Cc1cccc(Cl)c1. The smallest absolute Gasteiger partial charge is 0.139 e. The molecule has 78 valence electrons. The van der Waals surface area contributed by atoms with E-state index in [4.69, 9.17) is 17.3 Å². The van der Waals surface area contributed by atoms with Crippen molar-refractivity contribution in [2.75, 3.05) is 5.73 Å². The van der Waals surface area contributed by atoms with Gasteiger partial charge in [-0.05, 0) is 30.3 Å². The van der Waals surface area contributed by atoms with E-state index >= 15 is 0 Å². The zero-order valence-electron chi connectivity index (χ0n) is 8.44. The Morgan fingerprint density at radius 2 is 2.00 bits per heavy atom. The molecular formula is C13H9ClN2. The molecule has 2 rings (SSSR count). The summed E-state index contributed by atoms with van der Waals surface area (Å²) in [7, 11) is 0. The van der Waals surface area contributed by atoms with Gasteiger partial charge in [0.15, 0.2) is 0 Å². The number of rotatable bonds is 0. The molecule has 0 spiro atoms. The van der Waals surface area contributed by atoms with Gasteiger partial charge < -0.3 is 5.73 Å². The van der Waals surface area contributed by atoms with E-state index < -0.39 is 0 Å². The standard InChI is InChI=1S/C13H9ClN2/c14-12-5-1-3-10(9-12)6-7-11-4-2-8-16-13(11)15/h1-5,8-9H,(H2,15,16). The van der Waals surface area contributed by atoms with E-state index in [1.165, 1.54) is 0 Å². The monoisotopic (exact) mass is 228 g/mol. The van der Waals surface area contributed by atoms with Crippen LogP contribution in [-0.4, -0.2) is 4.98 Å². The van der Waals surface area contributed by atoms with Crippen LogP contribution in [0.2, 0.25) is 5.02 Å². The fourth-order valence-corrected chi connectivity index (χ4v) is 1.42. The largest absolute Gasteiger partial charge is 0.383 e. The molecule has 16 heavy (non-hydrogen) atoms. The molecular weight excluding hydrogens is 220 g/mol. The van der Waals surface area contributed by atoms with Crippen LogP contribution in [0.15, 0.2) is 42.6 Å². The maximum atomic E-state index is 5.85. The predicted molar refractivity (Wildman–Crippen MR) is 66.1 cm³/mol. The fourth-order valence-electron chi connectivity index (χ4n) is 1.23. The average molecular weight is 229 g/mol. The molecule has 0 bridgehead atoms. The number of pyridine rings is 1. The highest BCUT2D eigenvalue weighted by Gasteiger charge is 1.93. The van der Waals surface area contributed by atoms with Gasteiger partial charge in [-0.25, -0.2) is 4.98 Å². The van der Waals surface area contributed by atoms with E-state index in [0.717, 1.165) is 11.1 Å². The second-order valence-corrected chi connectivity index (χ2v) is 3.63. The first-order chi connectivity index (χ1) is 7.75. The van der Waals surface area contributed by atoms with Crippen molar-refractivity contribution in [2.45, 2.75) is 0 Å². The summed E-state index contributed by atoms with van der Waals surface area (Å²) in [6.07, 6.45) is 1.64. The van der Waals surface area contributed by atoms with Crippen molar-refractivity contribution in [1.29, 1.82) is 0 Å². The first-order valence-electron chi connectivity index (χ1n) is 4.74. The Hall–Kier alpha value is -1.98. The number of anilines is 1. The number of halogens is 1. The molecule has 0 saturated heterocycles. The van der Waals surface area contributed by atoms with Gasteiger partial charge in [-0.3, -0.25) is 0 Å². The Morgan fingerprint density at radius 3 is 2.75 bits per heavy atom. The molecule has 0 amide bonds. The van der Waals surface area contributed by atoms with Crippen molar-refractivity contribution in [3.63, 3.8) is 0 Å². The molecule has 2 N–H and O–H groups in total. The van der Waals surface area contributed by atoms with E-state index in [2.05, 4.69) is 16.8 Å². The topological polar surface area (TPSA) is 38.9 Å². The molecule has 1 aromatic heterocycles. The maximum absolute atomic E-state index is 5.85. The van der Waals surface area contributed by atoms with E-state index in [0.29, 0.717) is 10.8 Å². The lowest BCUT2D eigenvalue weighted by molar-refractivity contribution is 1.32. The molecule has 2 nitrogen and oxygen atoms in total. The molecule has 1 heterocycles. The summed E-state index contributed by atoms with van der Waals surface area (Å²) in [6.45, 7) is 0. The van der Waals surface area contributed by atoms with Crippen molar-refractivity contribution >= 4 is 17.4 Å². The predicted octanol–water partition coefficient (Wildman–Crippen LogP) is 2.72. The highest BCUT2D eigenvalue weighted by atomic mass is 35.5. The summed E-state index contributed by atoms with van der Waals surface area (Å²) < 4.78 is 0. The van der Waals surface area contributed by atoms with Gasteiger partial charge in [0.2, 0.25) is 0 Å². The minimum atomic E-state index is 0.442. The van der Waals surface area contributed by atoms with Crippen molar-refractivity contribution in [2.24, 2.45) is 0 Å². The number of nitrogens with two attached hydrogens (primary N) is 1. The summed E-state index contributed by atoms with van der Waals surface area (Å²) >= 11 is 5.85. The minimum absolute atomic E-state index is 0.442. The van der Waals surface area contributed by atoms with Gasteiger partial charge in [-0.1, -0.05) is 29.5 Å². The molecule has 0 aliphatic rings. The third-order valence-electron chi connectivity index (χ3n) is 2.00. The summed E-state index contributed by atoms with van der Waals surface area (Å²) in [5, 5.41) is 0.672. The molecule has 0 saturated carbocycles. The van der Waals surface area contributed by atoms with E-state index in [9.17, 15) is 0 Å². The van der Waals surface area contributed by atoms with E-state index in [-0.39, 0.29) is 0 Å². The van der Waals surface area contributed by atoms with Gasteiger partial charge in [0.25, 0.3) is 0 Å². The van der Waals surface area contributed by atoms with Crippen LogP contribution in [-0.2, 0) is 0 Å². The highest BCUT2D eigenvalue weighted by Crippen LogP contribution is 2.10. The Labute approximate surface area is 99.1 Å². The Morgan fingerprint density at radius 1 is 1.12 bits per heavy atom. The Kier molecular flexibility index (Phi) is 3.09. The summed E-state index contributed by atoms with van der Waals surface area (Å²) in [6, 6.07) is 11.0. The van der Waals surface area contributed by atoms with Crippen LogP contribution in [0.25, 0.3) is 0 Å². The molecule has 1 aromatic carbocycles. The summed E-state index contributed by atoms with van der Waals surface area (Å²) in [5.41, 5.74) is 7.26. The van der Waals surface area contributed by atoms with Gasteiger partial charge in [0.05, 0.1) is 5.56 Å². The van der Waals surface area contributed by atoms with Crippen molar-refractivity contribution in [1.82, 2.24) is 4.98 Å². The first kappa shape index (κ1) is 10.5. The maximum Gasteiger partial charge on any atom is 0.139 e. The zero-order valence-corrected chi connectivity index (χ0v) is 9.20. The molecule has 0 unspecified atom stereocenters. The second kappa shape index (κ2) is 4.69. The van der Waals surface area contributed by atoms with Crippen LogP contribution < -0.4 is 5.73 Å². The average Bonchev–Trinajstić information content (AvgIpc) is 2.28. The third-order valence-corrected chi connectivity index (χ3v) is 2.24. The molecule has 0 aliphatic carbocycles. The molecule has 2 aromatic rings. The zero-order chi connectivity index (χ0) is 11.4. The van der Waals surface area contributed by atoms with E-state index in [1.807, 2.05) is 24.3 Å². The first-order valence-corrected chi connectivity index (χ1v) is 5.11. The van der Waals surface area contributed by atoms with Gasteiger partial charge in [-0.15, -0.1) is 0 Å². The number of nitrogens with zero attached hydrogens (tertiary/aromatic N) is 1. The normalized spacial score (nSPS) is 9.31. The lowest BCUT2D eigenvalue weighted by Crippen LogP contribution is -1.92. The number of hydrogen-bond acceptors (Lipinski definition) is 2. The van der Waals surface area contributed by atoms with Crippen LogP contribution in [0, 0.1) is 11.8 Å². The summed E-state index contributed by atoms with van der Waals surface area (Å²) in [4.78, 5) is 3.96. The van der Waals surface area contributed by atoms with Gasteiger partial charge >= 0.3 is 0 Å². The molecule has 0 fully saturated rings. The lowest BCUT2D eigenvalue weighted by atomic mass is 10.2. The highest BCUT2D eigenvalue weighted by molar-refractivity contribution is 6.30. The molecule has 0 atom stereocenters. The fraction of sp³-hybridized carbons (Fsp3) is 0. The van der Waals surface area contributed by atoms with Gasteiger partial charge in [-0.2, -0.15) is 0 Å². The van der Waals surface area contributed by atoms with Crippen LogP contribution in [0.5, 0.6) is 0 Å². The number of aromatic nitrogens is 1. The van der Waals surface area contributed by atoms with Crippen LogP contribution >= 0.6 is 11.6 Å². The molecule has 0 radical (unpaired) electrons. The molecule has 0 aliphatic heterocycles. The van der Waals surface area contributed by atoms with Crippen LogP contribution in [0.4, 0.5) is 5.82 Å².